The molecule has 0 fully saturated rings. The molecule has 5 heteroatoms. The molecule has 2 rings (SSSR count). The van der Waals surface area contributed by atoms with Crippen molar-refractivity contribution in [2.45, 2.75) is 33.4 Å². The van der Waals surface area contributed by atoms with Gasteiger partial charge < -0.3 is 5.32 Å². The molecule has 0 radical (unpaired) electrons. The summed E-state index contributed by atoms with van der Waals surface area (Å²) in [5.74, 6) is 0. The molecule has 2 aromatic rings. The Morgan fingerprint density at radius 2 is 1.90 bits per heavy atom. The summed E-state index contributed by atoms with van der Waals surface area (Å²) in [4.78, 5) is 0. The van der Waals surface area contributed by atoms with Crippen molar-refractivity contribution in [3.8, 4) is 12.1 Å². The van der Waals surface area contributed by atoms with E-state index in [1.807, 2.05) is 22.9 Å². The summed E-state index contributed by atoms with van der Waals surface area (Å²) in [7, 11) is 0. The van der Waals surface area contributed by atoms with E-state index in [0.717, 1.165) is 30.0 Å². The molecule has 0 saturated heterocycles. The van der Waals surface area contributed by atoms with E-state index < -0.39 is 0 Å². The van der Waals surface area contributed by atoms with Crippen LogP contribution in [0.3, 0.4) is 0 Å². The van der Waals surface area contributed by atoms with Crippen LogP contribution in [0.2, 0.25) is 0 Å². The Morgan fingerprint density at radius 3 is 2.52 bits per heavy atom. The molecule has 0 spiro atoms. The summed E-state index contributed by atoms with van der Waals surface area (Å²) in [5.41, 5.74) is 3.80. The van der Waals surface area contributed by atoms with Gasteiger partial charge >= 0.3 is 0 Å². The summed E-state index contributed by atoms with van der Waals surface area (Å²) in [6, 6.07) is 11.3. The van der Waals surface area contributed by atoms with E-state index in [-0.39, 0.29) is 0 Å². The Bertz CT molecular complexity index is 715. The zero-order valence-electron chi connectivity index (χ0n) is 12.2. The predicted molar refractivity (Wildman–Crippen MR) is 80.5 cm³/mol. The third-order valence-electron chi connectivity index (χ3n) is 3.31. The van der Waals surface area contributed by atoms with Crippen LogP contribution in [0.5, 0.6) is 0 Å². The Morgan fingerprint density at radius 1 is 1.14 bits per heavy atom. The average molecular weight is 279 g/mol. The fraction of sp³-hybridized carbons (Fsp3) is 0.312. The lowest BCUT2D eigenvalue weighted by molar-refractivity contribution is 0.619. The van der Waals surface area contributed by atoms with E-state index in [4.69, 9.17) is 10.5 Å². The molecule has 0 aliphatic carbocycles. The zero-order valence-corrected chi connectivity index (χ0v) is 12.2. The van der Waals surface area contributed by atoms with Crippen LogP contribution in [0.15, 0.2) is 24.3 Å². The van der Waals surface area contributed by atoms with Gasteiger partial charge in [-0.2, -0.15) is 15.6 Å². The van der Waals surface area contributed by atoms with Crippen LogP contribution in [0.25, 0.3) is 0 Å². The molecule has 1 N–H and O–H groups in total. The molecule has 5 nitrogen and oxygen atoms in total. The van der Waals surface area contributed by atoms with Gasteiger partial charge in [0.2, 0.25) is 0 Å². The highest BCUT2D eigenvalue weighted by atomic mass is 15.3. The van der Waals surface area contributed by atoms with Crippen molar-refractivity contribution in [2.24, 2.45) is 0 Å². The summed E-state index contributed by atoms with van der Waals surface area (Å²) in [6.45, 7) is 5.61. The first kappa shape index (κ1) is 14.6. The molecule has 1 heterocycles. The Labute approximate surface area is 124 Å². The maximum atomic E-state index is 9.03. The number of aromatic nitrogens is 2. The van der Waals surface area contributed by atoms with Crippen molar-refractivity contribution in [2.75, 3.05) is 5.32 Å². The van der Waals surface area contributed by atoms with E-state index in [0.29, 0.717) is 17.7 Å². The first-order chi connectivity index (χ1) is 10.2. The lowest BCUT2D eigenvalue weighted by Gasteiger charge is -2.08. The number of aryl methyl sites for hydroxylation is 2. The van der Waals surface area contributed by atoms with Gasteiger partial charge in [-0.25, -0.2) is 0 Å². The number of hydrogen-bond donors (Lipinski definition) is 1. The Kier molecular flexibility index (Phi) is 4.58. The molecule has 0 bridgehead atoms. The van der Waals surface area contributed by atoms with Crippen molar-refractivity contribution in [3.63, 3.8) is 0 Å². The lowest BCUT2D eigenvalue weighted by Crippen LogP contribution is -2.08. The second kappa shape index (κ2) is 6.58. The Balaban J connectivity index is 2.15. The third-order valence-corrected chi connectivity index (χ3v) is 3.31. The van der Waals surface area contributed by atoms with Crippen molar-refractivity contribution < 1.29 is 0 Å². The lowest BCUT2D eigenvalue weighted by atomic mass is 10.1. The molecular formula is C16H17N5. The number of nitriles is 2. The highest BCUT2D eigenvalue weighted by Gasteiger charge is 2.07. The van der Waals surface area contributed by atoms with Gasteiger partial charge in [-0.15, -0.1) is 0 Å². The number of benzene rings is 1. The summed E-state index contributed by atoms with van der Waals surface area (Å²) >= 11 is 0. The quantitative estimate of drug-likeness (QED) is 0.913. The van der Waals surface area contributed by atoms with Crippen LogP contribution in [-0.4, -0.2) is 9.78 Å². The number of nitrogens with zero attached hydrogens (tertiary/aromatic N) is 4. The number of rotatable bonds is 5. The molecular weight excluding hydrogens is 262 g/mol. The summed E-state index contributed by atoms with van der Waals surface area (Å²) in [5, 5.41) is 25.7. The molecule has 0 atom stereocenters. The Hall–Kier alpha value is -2.79. The first-order valence-corrected chi connectivity index (χ1v) is 6.95. The fourth-order valence-electron chi connectivity index (χ4n) is 2.14. The second-order valence-electron chi connectivity index (χ2n) is 4.63. The molecule has 0 aliphatic heterocycles. The van der Waals surface area contributed by atoms with Gasteiger partial charge in [-0.3, -0.25) is 4.68 Å². The maximum absolute atomic E-state index is 9.03. The summed E-state index contributed by atoms with van der Waals surface area (Å²) < 4.78 is 1.97. The number of nitrogens with one attached hydrogen (secondary N) is 1. The van der Waals surface area contributed by atoms with Crippen LogP contribution < -0.4 is 5.32 Å². The van der Waals surface area contributed by atoms with Crippen molar-refractivity contribution in [1.82, 2.24) is 9.78 Å². The van der Waals surface area contributed by atoms with Gasteiger partial charge in [0.1, 0.15) is 12.1 Å². The van der Waals surface area contributed by atoms with Crippen molar-refractivity contribution in [1.29, 1.82) is 10.5 Å². The van der Waals surface area contributed by atoms with Gasteiger partial charge in [0.05, 0.1) is 29.1 Å². The van der Waals surface area contributed by atoms with E-state index >= 15 is 0 Å². The van der Waals surface area contributed by atoms with Gasteiger partial charge in [-0.05, 0) is 37.6 Å². The van der Waals surface area contributed by atoms with Crippen LogP contribution >= 0.6 is 0 Å². The highest BCUT2D eigenvalue weighted by Crippen LogP contribution is 2.16. The average Bonchev–Trinajstić information content (AvgIpc) is 2.95. The minimum atomic E-state index is 0.390. The first-order valence-electron chi connectivity index (χ1n) is 6.95. The van der Waals surface area contributed by atoms with Gasteiger partial charge in [0, 0.05) is 12.2 Å². The van der Waals surface area contributed by atoms with Gasteiger partial charge in [0.15, 0.2) is 0 Å². The SMILES string of the molecule is CCc1cc(CNc2ccc(C#N)c(C#N)c2)n(CC)n1. The van der Waals surface area contributed by atoms with E-state index in [1.165, 1.54) is 0 Å². The smallest absolute Gasteiger partial charge is 0.101 e. The molecule has 1 aromatic heterocycles. The van der Waals surface area contributed by atoms with Gasteiger partial charge in [0.25, 0.3) is 0 Å². The monoisotopic (exact) mass is 279 g/mol. The molecule has 21 heavy (non-hydrogen) atoms. The minimum Gasteiger partial charge on any atom is -0.379 e. The topological polar surface area (TPSA) is 77.4 Å². The third kappa shape index (κ3) is 3.21. The second-order valence-corrected chi connectivity index (χ2v) is 4.63. The fourth-order valence-corrected chi connectivity index (χ4v) is 2.14. The largest absolute Gasteiger partial charge is 0.379 e. The minimum absolute atomic E-state index is 0.390. The van der Waals surface area contributed by atoms with Crippen LogP contribution in [0, 0.1) is 22.7 Å². The normalized spacial score (nSPS) is 9.90. The van der Waals surface area contributed by atoms with E-state index in [9.17, 15) is 0 Å². The zero-order chi connectivity index (χ0) is 15.2. The molecule has 0 unspecified atom stereocenters. The van der Waals surface area contributed by atoms with Crippen molar-refractivity contribution >= 4 is 5.69 Å². The molecule has 0 aliphatic rings. The molecule has 0 saturated carbocycles. The van der Waals surface area contributed by atoms with Crippen molar-refractivity contribution in [3.05, 3.63) is 46.8 Å². The maximum Gasteiger partial charge on any atom is 0.101 e. The van der Waals surface area contributed by atoms with E-state index in [2.05, 4.69) is 30.3 Å². The molecule has 0 amide bonds. The van der Waals surface area contributed by atoms with Crippen LogP contribution in [-0.2, 0) is 19.5 Å². The highest BCUT2D eigenvalue weighted by molar-refractivity contribution is 5.56. The predicted octanol–water partition coefficient (Wildman–Crippen LogP) is 2.82. The number of hydrogen-bond acceptors (Lipinski definition) is 4. The summed E-state index contributed by atoms with van der Waals surface area (Å²) in [6.07, 6.45) is 0.912. The van der Waals surface area contributed by atoms with Crippen LogP contribution in [0.4, 0.5) is 5.69 Å². The standard InChI is InChI=1S/C16H17N5/c1-3-14-8-16(21(4-2)20-14)11-19-15-6-5-12(9-17)13(7-15)10-18/h5-8,19H,3-4,11H2,1-2H3. The van der Waals surface area contributed by atoms with Crippen LogP contribution in [0.1, 0.15) is 36.4 Å². The molecule has 106 valence electrons. The van der Waals surface area contributed by atoms with E-state index in [1.54, 1.807) is 12.1 Å². The van der Waals surface area contributed by atoms with Gasteiger partial charge in [-0.1, -0.05) is 6.92 Å². The number of anilines is 1. The molecule has 1 aromatic carbocycles.